The molecule has 0 aliphatic heterocycles. The van der Waals surface area contributed by atoms with Crippen molar-refractivity contribution < 1.29 is 9.53 Å². The van der Waals surface area contributed by atoms with Gasteiger partial charge in [0, 0.05) is 5.75 Å². The normalized spacial score (nSPS) is 11.4. The smallest absolute Gasteiger partial charge is 0.311 e. The molecule has 0 rings (SSSR count). The van der Waals surface area contributed by atoms with E-state index in [1.807, 2.05) is 27.8 Å². The monoisotopic (exact) mass is 219 g/mol. The zero-order valence-corrected chi connectivity index (χ0v) is 10.4. The number of hydrogen-bond donors (Lipinski definition) is 1. The molecule has 0 saturated heterocycles. The summed E-state index contributed by atoms with van der Waals surface area (Å²) >= 11 is 1.68. The first kappa shape index (κ1) is 13.8. The number of carbonyl (C=O) groups is 1. The lowest BCUT2D eigenvalue weighted by atomic mass is 9.97. The van der Waals surface area contributed by atoms with Crippen LogP contribution in [0.3, 0.4) is 0 Å². The average molecular weight is 219 g/mol. The predicted octanol–water partition coefficient (Wildman–Crippen LogP) is 2.22. The topological polar surface area (TPSA) is 38.3 Å². The molecule has 4 heteroatoms. The molecule has 0 unspecified atom stereocenters. The van der Waals surface area contributed by atoms with Crippen LogP contribution in [0.2, 0.25) is 0 Å². The molecule has 0 aliphatic carbocycles. The number of ether oxygens (including phenoxy) is 1. The Kier molecular flexibility index (Phi) is 7.01. The number of rotatable bonds is 6. The first-order valence-electron chi connectivity index (χ1n) is 4.94. The fourth-order valence-electron chi connectivity index (χ4n) is 0.760. The fraction of sp³-hybridized carbons (Fsp3) is 0.900. The van der Waals surface area contributed by atoms with Crippen LogP contribution < -0.4 is 4.72 Å². The molecule has 0 fully saturated rings. The van der Waals surface area contributed by atoms with E-state index in [1.54, 1.807) is 11.9 Å². The van der Waals surface area contributed by atoms with Gasteiger partial charge in [-0.1, -0.05) is 11.9 Å². The van der Waals surface area contributed by atoms with E-state index < -0.39 is 0 Å². The fourth-order valence-corrected chi connectivity index (χ4v) is 1.31. The first-order valence-corrected chi connectivity index (χ1v) is 5.93. The Balaban J connectivity index is 3.33. The Morgan fingerprint density at radius 1 is 1.36 bits per heavy atom. The van der Waals surface area contributed by atoms with E-state index in [4.69, 9.17) is 4.74 Å². The largest absolute Gasteiger partial charge is 0.465 e. The molecule has 84 valence electrons. The van der Waals surface area contributed by atoms with E-state index in [0.717, 1.165) is 18.6 Å². The number of carbonyl (C=O) groups excluding carboxylic acids is 1. The molecular formula is C10H21NO2S. The lowest BCUT2D eigenvalue weighted by molar-refractivity contribution is -0.153. The molecule has 0 aromatic carbocycles. The minimum absolute atomic E-state index is 0.112. The highest BCUT2D eigenvalue weighted by molar-refractivity contribution is 7.97. The van der Waals surface area contributed by atoms with Crippen LogP contribution in [0.25, 0.3) is 0 Å². The second kappa shape index (κ2) is 7.12. The SMILES string of the molecule is CNSCCCCOC(=O)C(C)(C)C. The summed E-state index contributed by atoms with van der Waals surface area (Å²) in [6, 6.07) is 0. The summed E-state index contributed by atoms with van der Waals surface area (Å²) in [5.41, 5.74) is -0.375. The van der Waals surface area contributed by atoms with Crippen LogP contribution in [0.5, 0.6) is 0 Å². The summed E-state index contributed by atoms with van der Waals surface area (Å²) < 4.78 is 8.12. The van der Waals surface area contributed by atoms with Crippen molar-refractivity contribution in [2.45, 2.75) is 33.6 Å². The lowest BCUT2D eigenvalue weighted by Crippen LogP contribution is -2.23. The van der Waals surface area contributed by atoms with Crippen LogP contribution >= 0.6 is 11.9 Å². The van der Waals surface area contributed by atoms with Crippen molar-refractivity contribution in [3.8, 4) is 0 Å². The summed E-state index contributed by atoms with van der Waals surface area (Å²) in [5.74, 6) is 0.947. The number of hydrogen-bond acceptors (Lipinski definition) is 4. The van der Waals surface area contributed by atoms with Crippen LogP contribution in [0, 0.1) is 5.41 Å². The van der Waals surface area contributed by atoms with E-state index in [1.165, 1.54) is 0 Å². The molecule has 0 heterocycles. The molecule has 0 aliphatic rings. The maximum Gasteiger partial charge on any atom is 0.311 e. The number of unbranched alkanes of at least 4 members (excludes halogenated alkanes) is 1. The predicted molar refractivity (Wildman–Crippen MR) is 61.2 cm³/mol. The molecule has 1 N–H and O–H groups in total. The average Bonchev–Trinajstić information content (AvgIpc) is 2.09. The molecule has 0 amide bonds. The Morgan fingerprint density at radius 3 is 2.50 bits per heavy atom. The zero-order chi connectivity index (χ0) is 11.0. The summed E-state index contributed by atoms with van der Waals surface area (Å²) in [5, 5.41) is 0. The van der Waals surface area contributed by atoms with Crippen LogP contribution in [-0.2, 0) is 9.53 Å². The van der Waals surface area contributed by atoms with Gasteiger partial charge in [-0.05, 0) is 40.7 Å². The molecule has 0 spiro atoms. The van der Waals surface area contributed by atoms with Crippen LogP contribution in [-0.4, -0.2) is 25.4 Å². The van der Waals surface area contributed by atoms with Crippen molar-refractivity contribution in [2.24, 2.45) is 5.41 Å². The Labute approximate surface area is 91.1 Å². The summed E-state index contributed by atoms with van der Waals surface area (Å²) in [6.45, 7) is 6.14. The van der Waals surface area contributed by atoms with Gasteiger partial charge >= 0.3 is 5.97 Å². The molecule has 0 atom stereocenters. The second-order valence-corrected chi connectivity index (χ2v) is 5.25. The quantitative estimate of drug-likeness (QED) is 0.422. The highest BCUT2D eigenvalue weighted by Crippen LogP contribution is 2.15. The Morgan fingerprint density at radius 2 is 2.00 bits per heavy atom. The third kappa shape index (κ3) is 7.21. The van der Waals surface area contributed by atoms with Crippen molar-refractivity contribution >= 4 is 17.9 Å². The zero-order valence-electron chi connectivity index (χ0n) is 9.55. The van der Waals surface area contributed by atoms with Crippen molar-refractivity contribution in [1.82, 2.24) is 4.72 Å². The third-order valence-corrected chi connectivity index (χ3v) is 2.41. The summed E-state index contributed by atoms with van der Waals surface area (Å²) in [7, 11) is 1.91. The van der Waals surface area contributed by atoms with Gasteiger partial charge < -0.3 is 4.74 Å². The van der Waals surface area contributed by atoms with Gasteiger partial charge in [0.1, 0.15) is 0 Å². The van der Waals surface area contributed by atoms with E-state index in [-0.39, 0.29) is 11.4 Å². The first-order chi connectivity index (χ1) is 6.48. The van der Waals surface area contributed by atoms with Crippen LogP contribution in [0.1, 0.15) is 33.6 Å². The van der Waals surface area contributed by atoms with E-state index in [2.05, 4.69) is 4.72 Å². The minimum atomic E-state index is -0.375. The van der Waals surface area contributed by atoms with Crippen molar-refractivity contribution in [3.63, 3.8) is 0 Å². The molecule has 3 nitrogen and oxygen atoms in total. The highest BCUT2D eigenvalue weighted by Gasteiger charge is 2.22. The standard InChI is InChI=1S/C10H21NO2S/c1-10(2,3)9(12)13-7-5-6-8-14-11-4/h11H,5-8H2,1-4H3. The summed E-state index contributed by atoms with van der Waals surface area (Å²) in [4.78, 5) is 11.3. The van der Waals surface area contributed by atoms with E-state index >= 15 is 0 Å². The van der Waals surface area contributed by atoms with Crippen LogP contribution in [0.4, 0.5) is 0 Å². The van der Waals surface area contributed by atoms with E-state index in [0.29, 0.717) is 6.61 Å². The van der Waals surface area contributed by atoms with Gasteiger partial charge in [-0.25, -0.2) is 0 Å². The molecule has 0 saturated carbocycles. The Bertz CT molecular complexity index is 166. The van der Waals surface area contributed by atoms with Gasteiger partial charge in [0.25, 0.3) is 0 Å². The van der Waals surface area contributed by atoms with Crippen LogP contribution in [0.15, 0.2) is 0 Å². The number of nitrogens with one attached hydrogen (secondary N) is 1. The molecule has 0 aromatic heterocycles. The van der Waals surface area contributed by atoms with Gasteiger partial charge in [-0.3, -0.25) is 9.52 Å². The maximum atomic E-state index is 11.3. The van der Waals surface area contributed by atoms with Gasteiger partial charge in [0.15, 0.2) is 0 Å². The second-order valence-electron chi connectivity index (χ2n) is 4.15. The molecule has 0 bridgehead atoms. The van der Waals surface area contributed by atoms with Gasteiger partial charge in [-0.15, -0.1) is 0 Å². The van der Waals surface area contributed by atoms with Gasteiger partial charge in [0.2, 0.25) is 0 Å². The molecular weight excluding hydrogens is 198 g/mol. The van der Waals surface area contributed by atoms with Crippen molar-refractivity contribution in [1.29, 1.82) is 0 Å². The lowest BCUT2D eigenvalue weighted by Gasteiger charge is -2.16. The Hall–Kier alpha value is -0.220. The highest BCUT2D eigenvalue weighted by atomic mass is 32.2. The maximum absolute atomic E-state index is 11.3. The van der Waals surface area contributed by atoms with Crippen molar-refractivity contribution in [3.05, 3.63) is 0 Å². The molecule has 0 radical (unpaired) electrons. The van der Waals surface area contributed by atoms with Gasteiger partial charge in [-0.2, -0.15) is 0 Å². The van der Waals surface area contributed by atoms with E-state index in [9.17, 15) is 4.79 Å². The third-order valence-electron chi connectivity index (χ3n) is 1.63. The van der Waals surface area contributed by atoms with Crippen molar-refractivity contribution in [2.75, 3.05) is 19.4 Å². The molecule has 14 heavy (non-hydrogen) atoms. The number of esters is 1. The minimum Gasteiger partial charge on any atom is -0.465 e. The molecule has 0 aromatic rings. The van der Waals surface area contributed by atoms with Gasteiger partial charge in [0.05, 0.1) is 12.0 Å². The summed E-state index contributed by atoms with van der Waals surface area (Å²) in [6.07, 6.45) is 2.01.